The number of rotatable bonds is 4. The second-order valence-corrected chi connectivity index (χ2v) is 5.29. The summed E-state index contributed by atoms with van der Waals surface area (Å²) in [6.07, 6.45) is 0. The van der Waals surface area contributed by atoms with Crippen molar-refractivity contribution in [2.45, 2.75) is 13.5 Å². The highest BCUT2D eigenvalue weighted by Gasteiger charge is 2.10. The molecule has 94 valence electrons. The summed E-state index contributed by atoms with van der Waals surface area (Å²) in [5.74, 6) is -0.865. The van der Waals surface area contributed by atoms with Gasteiger partial charge in [0.2, 0.25) is 0 Å². The third-order valence-electron chi connectivity index (χ3n) is 2.85. The molecule has 0 saturated heterocycles. The molecule has 1 aromatic heterocycles. The van der Waals surface area contributed by atoms with E-state index in [1.165, 1.54) is 22.5 Å². The third kappa shape index (κ3) is 2.71. The number of hydrogen-bond acceptors (Lipinski definition) is 3. The Morgan fingerprint density at radius 1 is 1.28 bits per heavy atom. The SMILES string of the molecule is Cc1ccccc1CN(C)c1ccc(C(=O)O)s1. The molecule has 0 saturated carbocycles. The second kappa shape index (κ2) is 5.23. The van der Waals surface area contributed by atoms with Crippen LogP contribution in [0.4, 0.5) is 5.00 Å². The van der Waals surface area contributed by atoms with E-state index < -0.39 is 5.97 Å². The van der Waals surface area contributed by atoms with Crippen molar-refractivity contribution in [2.24, 2.45) is 0 Å². The molecule has 0 aliphatic carbocycles. The lowest BCUT2D eigenvalue weighted by Crippen LogP contribution is -2.15. The zero-order valence-corrected chi connectivity index (χ0v) is 11.2. The summed E-state index contributed by atoms with van der Waals surface area (Å²) in [6, 6.07) is 11.7. The van der Waals surface area contributed by atoms with Gasteiger partial charge in [0.05, 0.1) is 5.00 Å². The number of thiophene rings is 1. The first-order valence-electron chi connectivity index (χ1n) is 5.66. The van der Waals surface area contributed by atoms with Gasteiger partial charge < -0.3 is 10.0 Å². The number of aryl methyl sites for hydroxylation is 1. The van der Waals surface area contributed by atoms with Gasteiger partial charge in [-0.05, 0) is 30.2 Å². The van der Waals surface area contributed by atoms with Gasteiger partial charge in [-0.25, -0.2) is 4.79 Å². The fourth-order valence-corrected chi connectivity index (χ4v) is 2.57. The van der Waals surface area contributed by atoms with E-state index in [4.69, 9.17) is 5.11 Å². The molecule has 2 aromatic rings. The first-order chi connectivity index (χ1) is 8.58. The van der Waals surface area contributed by atoms with Crippen LogP contribution in [0.2, 0.25) is 0 Å². The summed E-state index contributed by atoms with van der Waals surface area (Å²) in [7, 11) is 1.98. The lowest BCUT2D eigenvalue weighted by atomic mass is 10.1. The van der Waals surface area contributed by atoms with Crippen LogP contribution in [0.15, 0.2) is 36.4 Å². The van der Waals surface area contributed by atoms with Crippen molar-refractivity contribution in [3.8, 4) is 0 Å². The summed E-state index contributed by atoms with van der Waals surface area (Å²) < 4.78 is 0. The van der Waals surface area contributed by atoms with Crippen molar-refractivity contribution in [3.63, 3.8) is 0 Å². The van der Waals surface area contributed by atoms with Crippen molar-refractivity contribution in [2.75, 3.05) is 11.9 Å². The van der Waals surface area contributed by atoms with Crippen molar-refractivity contribution < 1.29 is 9.90 Å². The highest BCUT2D eigenvalue weighted by Crippen LogP contribution is 2.26. The van der Waals surface area contributed by atoms with Gasteiger partial charge in [0, 0.05) is 13.6 Å². The molecule has 0 atom stereocenters. The van der Waals surface area contributed by atoms with E-state index in [1.807, 2.05) is 25.2 Å². The number of nitrogens with zero attached hydrogens (tertiary/aromatic N) is 1. The topological polar surface area (TPSA) is 40.5 Å². The Morgan fingerprint density at radius 2 is 2.00 bits per heavy atom. The third-order valence-corrected chi connectivity index (χ3v) is 4.04. The molecule has 1 aromatic carbocycles. The van der Waals surface area contributed by atoms with Crippen LogP contribution in [-0.2, 0) is 6.54 Å². The average Bonchev–Trinajstić information content (AvgIpc) is 2.81. The maximum atomic E-state index is 10.8. The molecule has 0 unspecified atom stereocenters. The van der Waals surface area contributed by atoms with Crippen LogP contribution >= 0.6 is 11.3 Å². The summed E-state index contributed by atoms with van der Waals surface area (Å²) in [5, 5.41) is 9.87. The molecule has 3 nitrogen and oxygen atoms in total. The van der Waals surface area contributed by atoms with Crippen LogP contribution in [0.5, 0.6) is 0 Å². The molecule has 0 fully saturated rings. The van der Waals surface area contributed by atoms with Gasteiger partial charge >= 0.3 is 5.97 Å². The summed E-state index contributed by atoms with van der Waals surface area (Å²) >= 11 is 1.30. The maximum absolute atomic E-state index is 10.8. The molecule has 0 radical (unpaired) electrons. The van der Waals surface area contributed by atoms with E-state index >= 15 is 0 Å². The molecule has 1 N–H and O–H groups in total. The van der Waals surface area contributed by atoms with Crippen LogP contribution in [0.1, 0.15) is 20.8 Å². The predicted octanol–water partition coefficient (Wildman–Crippen LogP) is 3.39. The minimum Gasteiger partial charge on any atom is -0.477 e. The van der Waals surface area contributed by atoms with Crippen LogP contribution in [-0.4, -0.2) is 18.1 Å². The number of carboxylic acid groups (broad SMARTS) is 1. The fraction of sp³-hybridized carbons (Fsp3) is 0.214. The van der Waals surface area contributed by atoms with Crippen LogP contribution in [0, 0.1) is 6.92 Å². The summed E-state index contributed by atoms with van der Waals surface area (Å²) in [4.78, 5) is 13.3. The molecule has 18 heavy (non-hydrogen) atoms. The van der Waals surface area contributed by atoms with Crippen molar-refractivity contribution in [3.05, 3.63) is 52.4 Å². The van der Waals surface area contributed by atoms with Gasteiger partial charge in [0.15, 0.2) is 0 Å². The van der Waals surface area contributed by atoms with E-state index in [9.17, 15) is 4.79 Å². The molecule has 1 heterocycles. The van der Waals surface area contributed by atoms with Crippen molar-refractivity contribution in [1.29, 1.82) is 0 Å². The Bertz CT molecular complexity index is 562. The average molecular weight is 261 g/mol. The lowest BCUT2D eigenvalue weighted by molar-refractivity contribution is 0.0702. The molecule has 0 amide bonds. The Labute approximate surface area is 110 Å². The monoisotopic (exact) mass is 261 g/mol. The van der Waals surface area contributed by atoms with Gasteiger partial charge in [-0.3, -0.25) is 0 Å². The number of hydrogen-bond donors (Lipinski definition) is 1. The van der Waals surface area contributed by atoms with Gasteiger partial charge in [-0.1, -0.05) is 24.3 Å². The first kappa shape index (κ1) is 12.6. The molecule has 0 spiro atoms. The Balaban J connectivity index is 2.14. The van der Waals surface area contributed by atoms with Crippen LogP contribution in [0.25, 0.3) is 0 Å². The van der Waals surface area contributed by atoms with Gasteiger partial charge in [-0.2, -0.15) is 0 Å². The fourth-order valence-electron chi connectivity index (χ4n) is 1.77. The standard InChI is InChI=1S/C14H15NO2S/c1-10-5-3-4-6-11(10)9-15(2)13-8-7-12(18-13)14(16)17/h3-8H,9H2,1-2H3,(H,16,17). The predicted molar refractivity (Wildman–Crippen MR) is 74.6 cm³/mol. The van der Waals surface area contributed by atoms with E-state index in [-0.39, 0.29) is 0 Å². The van der Waals surface area contributed by atoms with E-state index in [0.29, 0.717) is 4.88 Å². The zero-order valence-electron chi connectivity index (χ0n) is 10.4. The molecule has 0 aliphatic heterocycles. The van der Waals surface area contributed by atoms with E-state index in [0.717, 1.165) is 11.5 Å². The smallest absolute Gasteiger partial charge is 0.345 e. The van der Waals surface area contributed by atoms with Crippen molar-refractivity contribution >= 4 is 22.3 Å². The summed E-state index contributed by atoms with van der Waals surface area (Å²) in [6.45, 7) is 2.87. The number of anilines is 1. The van der Waals surface area contributed by atoms with E-state index in [1.54, 1.807) is 6.07 Å². The molecule has 2 rings (SSSR count). The molecular weight excluding hydrogens is 246 g/mol. The number of carbonyl (C=O) groups is 1. The van der Waals surface area contributed by atoms with Crippen molar-refractivity contribution in [1.82, 2.24) is 0 Å². The normalized spacial score (nSPS) is 10.3. The number of aromatic carboxylic acids is 1. The minimum atomic E-state index is -0.865. The quantitative estimate of drug-likeness (QED) is 0.917. The molecule has 0 bridgehead atoms. The zero-order chi connectivity index (χ0) is 13.1. The first-order valence-corrected chi connectivity index (χ1v) is 6.48. The van der Waals surface area contributed by atoms with Crippen LogP contribution < -0.4 is 4.90 Å². The van der Waals surface area contributed by atoms with Gasteiger partial charge in [-0.15, -0.1) is 11.3 Å². The molecular formula is C14H15NO2S. The Morgan fingerprint density at radius 3 is 2.61 bits per heavy atom. The number of benzene rings is 1. The van der Waals surface area contributed by atoms with E-state index in [2.05, 4.69) is 24.0 Å². The second-order valence-electron chi connectivity index (χ2n) is 4.23. The summed E-state index contributed by atoms with van der Waals surface area (Å²) in [5.41, 5.74) is 2.50. The van der Waals surface area contributed by atoms with Gasteiger partial charge in [0.1, 0.15) is 4.88 Å². The number of carboxylic acids is 1. The van der Waals surface area contributed by atoms with Crippen LogP contribution in [0.3, 0.4) is 0 Å². The highest BCUT2D eigenvalue weighted by molar-refractivity contribution is 7.17. The highest BCUT2D eigenvalue weighted by atomic mass is 32.1. The molecule has 0 aliphatic rings. The minimum absolute atomic E-state index is 0.377. The Hall–Kier alpha value is -1.81. The van der Waals surface area contributed by atoms with Gasteiger partial charge in [0.25, 0.3) is 0 Å². The lowest BCUT2D eigenvalue weighted by Gasteiger charge is -2.18. The largest absolute Gasteiger partial charge is 0.477 e. The Kier molecular flexibility index (Phi) is 3.67. The maximum Gasteiger partial charge on any atom is 0.345 e. The molecule has 4 heteroatoms.